The predicted octanol–water partition coefficient (Wildman–Crippen LogP) is 5.67. The van der Waals surface area contributed by atoms with E-state index in [9.17, 15) is 33.0 Å². The largest absolute Gasteiger partial charge is 0.457 e. The number of allylic oxidation sites excluding steroid dienone is 3. The quantitative estimate of drug-likeness (QED) is 0.369. The third kappa shape index (κ3) is 8.61. The van der Waals surface area contributed by atoms with E-state index in [4.69, 9.17) is 4.74 Å². The lowest BCUT2D eigenvalue weighted by atomic mass is 9.73. The number of carbonyl (C=O) groups is 2. The Morgan fingerprint density at radius 3 is 2.46 bits per heavy atom. The molecule has 206 valence electrons. The topological polar surface area (TPSA) is 96.7 Å². The van der Waals surface area contributed by atoms with Gasteiger partial charge in [0.2, 0.25) is 0 Å². The van der Waals surface area contributed by atoms with E-state index in [2.05, 4.69) is 4.98 Å². The molecule has 1 aliphatic rings. The molecule has 0 bridgehead atoms. The van der Waals surface area contributed by atoms with Crippen molar-refractivity contribution < 1.29 is 37.7 Å². The Morgan fingerprint density at radius 1 is 1.19 bits per heavy atom. The summed E-state index contributed by atoms with van der Waals surface area (Å²) in [5.74, 6) is -2.54. The van der Waals surface area contributed by atoms with E-state index < -0.39 is 65.5 Å². The van der Waals surface area contributed by atoms with Crippen molar-refractivity contribution in [2.45, 2.75) is 84.8 Å². The van der Waals surface area contributed by atoms with Gasteiger partial charge in [-0.1, -0.05) is 45.9 Å². The molecular formula is C27H36F3NO5S. The number of nitrogens with zero attached hydrogens (tertiary/aromatic N) is 1. The van der Waals surface area contributed by atoms with Crippen LogP contribution in [0.3, 0.4) is 0 Å². The third-order valence-electron chi connectivity index (χ3n) is 6.90. The number of rotatable bonds is 2. The van der Waals surface area contributed by atoms with Crippen LogP contribution < -0.4 is 0 Å². The first-order valence-corrected chi connectivity index (χ1v) is 13.2. The molecule has 0 saturated heterocycles. The van der Waals surface area contributed by atoms with E-state index >= 15 is 0 Å². The number of ether oxygens (including phenoxy) is 1. The first kappa shape index (κ1) is 30.9. The van der Waals surface area contributed by atoms with E-state index in [1.54, 1.807) is 43.8 Å². The molecule has 10 heteroatoms. The van der Waals surface area contributed by atoms with E-state index in [0.717, 1.165) is 6.08 Å². The van der Waals surface area contributed by atoms with Gasteiger partial charge in [0.25, 0.3) is 0 Å². The Hall–Kier alpha value is -2.30. The van der Waals surface area contributed by atoms with Gasteiger partial charge < -0.3 is 14.9 Å². The van der Waals surface area contributed by atoms with Crippen molar-refractivity contribution in [3.63, 3.8) is 0 Å². The Morgan fingerprint density at radius 2 is 1.86 bits per heavy atom. The number of aliphatic hydroxyl groups excluding tert-OH is 2. The van der Waals surface area contributed by atoms with Crippen LogP contribution in [0.15, 0.2) is 40.3 Å². The summed E-state index contributed by atoms with van der Waals surface area (Å²) in [5, 5.41) is 23.2. The van der Waals surface area contributed by atoms with Crippen molar-refractivity contribution in [2.75, 3.05) is 0 Å². The highest BCUT2D eigenvalue weighted by Gasteiger charge is 2.42. The predicted molar refractivity (Wildman–Crippen MR) is 137 cm³/mol. The van der Waals surface area contributed by atoms with Gasteiger partial charge in [0.05, 0.1) is 35.2 Å². The molecule has 0 spiro atoms. The van der Waals surface area contributed by atoms with Crippen molar-refractivity contribution in [2.24, 2.45) is 17.3 Å². The molecule has 0 aromatic carbocycles. The van der Waals surface area contributed by atoms with Crippen molar-refractivity contribution >= 4 is 29.2 Å². The minimum absolute atomic E-state index is 0.231. The van der Waals surface area contributed by atoms with Crippen LogP contribution in [0.25, 0.3) is 6.08 Å². The van der Waals surface area contributed by atoms with Gasteiger partial charge in [0.15, 0.2) is 0 Å². The van der Waals surface area contributed by atoms with E-state index in [1.807, 2.05) is 0 Å². The molecule has 5 atom stereocenters. The number of ketones is 1. The molecule has 1 unspecified atom stereocenters. The third-order valence-corrected chi connectivity index (χ3v) is 7.50. The molecule has 0 radical (unpaired) electrons. The van der Waals surface area contributed by atoms with E-state index in [-0.39, 0.29) is 19.3 Å². The molecule has 37 heavy (non-hydrogen) atoms. The maximum atomic E-state index is 13.7. The zero-order chi connectivity index (χ0) is 28.0. The molecule has 0 aliphatic carbocycles. The van der Waals surface area contributed by atoms with Gasteiger partial charge in [-0.3, -0.25) is 9.59 Å². The lowest BCUT2D eigenvalue weighted by molar-refractivity contribution is -0.154. The van der Waals surface area contributed by atoms with Gasteiger partial charge >= 0.3 is 12.1 Å². The highest BCUT2D eigenvalue weighted by molar-refractivity contribution is 7.07. The number of hydrogen-bond acceptors (Lipinski definition) is 7. The number of aromatic nitrogens is 1. The van der Waals surface area contributed by atoms with Gasteiger partial charge in [-0.25, -0.2) is 4.98 Å². The maximum Gasteiger partial charge on any atom is 0.412 e. The summed E-state index contributed by atoms with van der Waals surface area (Å²) in [4.78, 5) is 30.1. The molecule has 2 N–H and O–H groups in total. The standard InChI is InChI=1S/C27H36F3NO5S/c1-16-8-6-7-9-19(27(28,29)30)10-11-21(17(2)12-20-14-37-15-31-20)36-23(33)13-22(32)26(4,5)25(35)18(3)24(16)34/h6-7,10,12,14-16,18,21-22,24,32,34H,8-9,11,13H2,1-5H3/b7-6+,17-12+,19-10+/t16-,18+,21?,22-,24-/m0/s1. The number of esters is 1. The van der Waals surface area contributed by atoms with Crippen LogP contribution in [0.4, 0.5) is 13.2 Å². The van der Waals surface area contributed by atoms with Gasteiger partial charge in [0.1, 0.15) is 11.9 Å². The monoisotopic (exact) mass is 543 g/mol. The van der Waals surface area contributed by atoms with Crippen LogP contribution in [-0.4, -0.2) is 51.4 Å². The summed E-state index contributed by atoms with van der Waals surface area (Å²) in [7, 11) is 0. The average molecular weight is 544 g/mol. The van der Waals surface area contributed by atoms with Crippen LogP contribution >= 0.6 is 11.3 Å². The number of thiazole rings is 1. The SMILES string of the molecule is C/C(=C\c1cscn1)C1C/C=C(/C(F)(F)F)C/C=C/C[C@H](C)[C@H](O)[C@@H](C)C(=O)C(C)(C)[C@@H](O)CC(=O)O1. The fraction of sp³-hybridized carbons (Fsp3) is 0.593. The zero-order valence-electron chi connectivity index (χ0n) is 21.8. The smallest absolute Gasteiger partial charge is 0.412 e. The maximum absolute atomic E-state index is 13.7. The number of cyclic esters (lactones) is 1. The molecule has 2 rings (SSSR count). The Labute approximate surface area is 219 Å². The average Bonchev–Trinajstić information content (AvgIpc) is 3.32. The molecule has 1 aliphatic heterocycles. The number of alkyl halides is 3. The zero-order valence-corrected chi connectivity index (χ0v) is 22.6. The van der Waals surface area contributed by atoms with Crippen molar-refractivity contribution in [3.05, 3.63) is 46.0 Å². The Balaban J connectivity index is 2.46. The number of hydrogen-bond donors (Lipinski definition) is 2. The second-order valence-electron chi connectivity index (χ2n) is 10.2. The van der Waals surface area contributed by atoms with Gasteiger partial charge in [-0.15, -0.1) is 11.3 Å². The number of carbonyl (C=O) groups excluding carboxylic acids is 2. The second-order valence-corrected chi connectivity index (χ2v) is 10.9. The van der Waals surface area contributed by atoms with Crippen molar-refractivity contribution in [1.29, 1.82) is 0 Å². The molecular weight excluding hydrogens is 507 g/mol. The lowest BCUT2D eigenvalue weighted by Gasteiger charge is -2.34. The second kappa shape index (κ2) is 13.0. The highest BCUT2D eigenvalue weighted by atomic mass is 32.1. The highest BCUT2D eigenvalue weighted by Crippen LogP contribution is 2.33. The van der Waals surface area contributed by atoms with Gasteiger partial charge in [-0.05, 0) is 37.3 Å². The van der Waals surface area contributed by atoms with E-state index in [1.165, 1.54) is 31.3 Å². The van der Waals surface area contributed by atoms with Crippen LogP contribution in [0.1, 0.15) is 66.0 Å². The van der Waals surface area contributed by atoms with Crippen LogP contribution in [-0.2, 0) is 14.3 Å². The van der Waals surface area contributed by atoms with Gasteiger partial charge in [0, 0.05) is 23.3 Å². The molecule has 0 fully saturated rings. The van der Waals surface area contributed by atoms with Gasteiger partial charge in [-0.2, -0.15) is 13.2 Å². The minimum Gasteiger partial charge on any atom is -0.457 e. The summed E-state index contributed by atoms with van der Waals surface area (Å²) in [6.45, 7) is 7.88. The Bertz CT molecular complexity index is 1010. The molecule has 0 saturated carbocycles. The van der Waals surface area contributed by atoms with Crippen molar-refractivity contribution in [3.8, 4) is 0 Å². The molecule has 6 nitrogen and oxygen atoms in total. The van der Waals surface area contributed by atoms with E-state index in [0.29, 0.717) is 11.3 Å². The van der Waals surface area contributed by atoms with Crippen molar-refractivity contribution in [1.82, 2.24) is 4.98 Å². The number of aliphatic hydroxyl groups is 2. The summed E-state index contributed by atoms with van der Waals surface area (Å²) in [6, 6.07) is 0. The summed E-state index contributed by atoms with van der Waals surface area (Å²) in [6.07, 6.45) is -3.39. The first-order chi connectivity index (χ1) is 17.1. The number of Topliss-reactive ketones (excluding diaryl/α,β-unsaturated/α-hetero) is 1. The molecule has 1 aromatic rings. The van der Waals surface area contributed by atoms with Crippen LogP contribution in [0, 0.1) is 17.3 Å². The molecule has 0 amide bonds. The summed E-state index contributed by atoms with van der Waals surface area (Å²) >= 11 is 1.35. The van der Waals surface area contributed by atoms with Crippen LogP contribution in [0.2, 0.25) is 0 Å². The molecule has 1 aromatic heterocycles. The van der Waals surface area contributed by atoms with Crippen LogP contribution in [0.5, 0.6) is 0 Å². The summed E-state index contributed by atoms with van der Waals surface area (Å²) < 4.78 is 46.7. The summed E-state index contributed by atoms with van der Waals surface area (Å²) in [5.41, 5.74) is 0.523. The number of halogens is 3. The fourth-order valence-corrected chi connectivity index (χ4v) is 4.70. The minimum atomic E-state index is -4.58. The fourth-order valence-electron chi connectivity index (χ4n) is 4.19. The normalized spacial score (nSPS) is 31.7. The lowest BCUT2D eigenvalue weighted by Crippen LogP contribution is -2.45. The molecule has 2 heterocycles. The first-order valence-electron chi connectivity index (χ1n) is 12.2. The Kier molecular flexibility index (Phi) is 10.8.